The second-order valence-electron chi connectivity index (χ2n) is 10.2. The predicted octanol–water partition coefficient (Wildman–Crippen LogP) is 9.79. The third-order valence-corrected chi connectivity index (χ3v) is 7.96. The fraction of sp³-hybridized carbons (Fsp3) is 0.286. The van der Waals surface area contributed by atoms with Crippen molar-refractivity contribution in [3.8, 4) is 11.1 Å². The van der Waals surface area contributed by atoms with Crippen molar-refractivity contribution < 1.29 is 0 Å². The highest BCUT2D eigenvalue weighted by Crippen LogP contribution is 2.30. The molecule has 0 fully saturated rings. The van der Waals surface area contributed by atoms with Gasteiger partial charge in [0.15, 0.2) is 0 Å². The summed E-state index contributed by atoms with van der Waals surface area (Å²) in [5.74, 6) is 0.729. The molecular weight excluding hydrogens is 505 g/mol. The molecule has 0 bridgehead atoms. The minimum atomic E-state index is 0.729. The standard InChI is InChI=1S/C35H37Cl2N/c1-4-29-22-35(37)33(21-31(29)15-14-28-19-25(2)23-38-24-28)17-16-30-11-8-13-34(26(30)3)32-12-7-10-27(20-32)9-5-6-18-36/h4,7-8,10-13,19-24H,1,5-6,9,14-18H2,2-3H3. The fourth-order valence-corrected chi connectivity index (χ4v) is 5.63. The number of unbranched alkanes of at least 4 members (excludes halogenated alkanes) is 1. The Morgan fingerprint density at radius 2 is 1.55 bits per heavy atom. The van der Waals surface area contributed by atoms with Gasteiger partial charge in [0.2, 0.25) is 0 Å². The summed E-state index contributed by atoms with van der Waals surface area (Å²) in [6, 6.07) is 22.2. The molecule has 0 saturated carbocycles. The van der Waals surface area contributed by atoms with Crippen molar-refractivity contribution in [1.29, 1.82) is 0 Å². The molecule has 3 heteroatoms. The summed E-state index contributed by atoms with van der Waals surface area (Å²) in [4.78, 5) is 4.35. The predicted molar refractivity (Wildman–Crippen MR) is 166 cm³/mol. The molecule has 0 amide bonds. The van der Waals surface area contributed by atoms with Crippen molar-refractivity contribution >= 4 is 29.3 Å². The van der Waals surface area contributed by atoms with E-state index in [0.717, 1.165) is 61.4 Å². The topological polar surface area (TPSA) is 12.9 Å². The average Bonchev–Trinajstić information content (AvgIpc) is 2.92. The number of pyridine rings is 1. The minimum absolute atomic E-state index is 0.729. The van der Waals surface area contributed by atoms with Crippen LogP contribution in [0.2, 0.25) is 5.02 Å². The highest BCUT2D eigenvalue weighted by Gasteiger charge is 2.11. The Bertz CT molecular complexity index is 1390. The molecule has 0 aliphatic carbocycles. The van der Waals surface area contributed by atoms with Gasteiger partial charge in [0.25, 0.3) is 0 Å². The molecule has 0 saturated heterocycles. The normalized spacial score (nSPS) is 11.1. The van der Waals surface area contributed by atoms with Crippen LogP contribution in [0.15, 0.2) is 79.6 Å². The lowest BCUT2D eigenvalue weighted by Crippen LogP contribution is -2.01. The molecule has 3 aromatic carbocycles. The number of hydrogen-bond donors (Lipinski definition) is 0. The summed E-state index contributed by atoms with van der Waals surface area (Å²) < 4.78 is 0. The molecule has 4 rings (SSSR count). The first-order valence-corrected chi connectivity index (χ1v) is 14.5. The van der Waals surface area contributed by atoms with E-state index in [9.17, 15) is 0 Å². The number of alkyl halides is 1. The molecule has 0 N–H and O–H groups in total. The number of benzene rings is 3. The van der Waals surface area contributed by atoms with E-state index >= 15 is 0 Å². The molecular formula is C35H37Cl2N. The van der Waals surface area contributed by atoms with E-state index in [1.807, 2.05) is 18.5 Å². The first-order valence-electron chi connectivity index (χ1n) is 13.6. The zero-order valence-electron chi connectivity index (χ0n) is 22.6. The first kappa shape index (κ1) is 28.1. The van der Waals surface area contributed by atoms with Gasteiger partial charge in [-0.15, -0.1) is 11.6 Å². The lowest BCUT2D eigenvalue weighted by atomic mass is 9.91. The molecule has 4 aromatic rings. The van der Waals surface area contributed by atoms with Crippen LogP contribution in [0.1, 0.15) is 57.3 Å². The van der Waals surface area contributed by atoms with Crippen molar-refractivity contribution in [2.45, 2.75) is 58.8 Å². The van der Waals surface area contributed by atoms with Crippen molar-refractivity contribution in [3.63, 3.8) is 0 Å². The van der Waals surface area contributed by atoms with E-state index in [4.69, 9.17) is 23.2 Å². The van der Waals surface area contributed by atoms with E-state index < -0.39 is 0 Å². The number of hydrogen-bond acceptors (Lipinski definition) is 1. The quantitative estimate of drug-likeness (QED) is 0.128. The summed E-state index contributed by atoms with van der Waals surface area (Å²) in [5, 5.41) is 0.819. The zero-order valence-corrected chi connectivity index (χ0v) is 24.1. The molecule has 0 radical (unpaired) electrons. The maximum Gasteiger partial charge on any atom is 0.0444 e. The van der Waals surface area contributed by atoms with E-state index in [2.05, 4.69) is 86.1 Å². The molecule has 0 spiro atoms. The molecule has 0 aliphatic heterocycles. The Balaban J connectivity index is 1.51. The van der Waals surface area contributed by atoms with Crippen LogP contribution in [-0.4, -0.2) is 10.9 Å². The largest absolute Gasteiger partial charge is 0.264 e. The van der Waals surface area contributed by atoms with Crippen LogP contribution in [0.3, 0.4) is 0 Å². The van der Waals surface area contributed by atoms with Crippen molar-refractivity contribution in [2.24, 2.45) is 0 Å². The molecule has 1 nitrogen and oxygen atoms in total. The minimum Gasteiger partial charge on any atom is -0.264 e. The van der Waals surface area contributed by atoms with E-state index in [0.29, 0.717) is 0 Å². The number of aromatic nitrogens is 1. The number of nitrogens with zero attached hydrogens (tertiary/aromatic N) is 1. The van der Waals surface area contributed by atoms with Crippen molar-refractivity contribution in [1.82, 2.24) is 4.98 Å². The SMILES string of the molecule is C=Cc1cc(Cl)c(CCc2cccc(-c3cccc(CCCCCl)c3)c2C)cc1CCc1cncc(C)c1. The van der Waals surface area contributed by atoms with Gasteiger partial charge in [-0.1, -0.05) is 78.9 Å². The molecule has 0 atom stereocenters. The summed E-state index contributed by atoms with van der Waals surface area (Å²) in [6.07, 6.45) is 12.8. The van der Waals surface area contributed by atoms with Crippen LogP contribution < -0.4 is 0 Å². The number of halogens is 2. The van der Waals surface area contributed by atoms with Gasteiger partial charge in [0, 0.05) is 23.3 Å². The molecule has 1 aromatic heterocycles. The second kappa shape index (κ2) is 13.8. The van der Waals surface area contributed by atoms with Gasteiger partial charge < -0.3 is 0 Å². The van der Waals surface area contributed by atoms with E-state index in [1.165, 1.54) is 50.1 Å². The molecule has 196 valence electrons. The Morgan fingerprint density at radius 3 is 2.34 bits per heavy atom. The summed E-state index contributed by atoms with van der Waals surface area (Å²) >= 11 is 12.6. The number of rotatable bonds is 12. The fourth-order valence-electron chi connectivity index (χ4n) is 5.17. The lowest BCUT2D eigenvalue weighted by Gasteiger charge is -2.15. The van der Waals surface area contributed by atoms with Gasteiger partial charge in [0.05, 0.1) is 0 Å². The van der Waals surface area contributed by atoms with Crippen LogP contribution in [0.5, 0.6) is 0 Å². The summed E-state index contributed by atoms with van der Waals surface area (Å²) in [5.41, 5.74) is 12.7. The van der Waals surface area contributed by atoms with E-state index in [-0.39, 0.29) is 0 Å². The number of aryl methyl sites for hydroxylation is 6. The first-order chi connectivity index (χ1) is 18.5. The van der Waals surface area contributed by atoms with Crippen LogP contribution in [0.25, 0.3) is 17.2 Å². The van der Waals surface area contributed by atoms with Crippen molar-refractivity contribution in [3.05, 3.63) is 129 Å². The lowest BCUT2D eigenvalue weighted by molar-refractivity contribution is 0.800. The Labute approximate surface area is 238 Å². The summed E-state index contributed by atoms with van der Waals surface area (Å²) in [7, 11) is 0. The second-order valence-corrected chi connectivity index (χ2v) is 10.9. The maximum atomic E-state index is 6.75. The van der Waals surface area contributed by atoms with Crippen LogP contribution >= 0.6 is 23.2 Å². The average molecular weight is 543 g/mol. The van der Waals surface area contributed by atoms with E-state index in [1.54, 1.807) is 0 Å². The van der Waals surface area contributed by atoms with Crippen molar-refractivity contribution in [2.75, 3.05) is 5.88 Å². The van der Waals surface area contributed by atoms with Gasteiger partial charge in [-0.3, -0.25) is 4.98 Å². The Morgan fingerprint density at radius 1 is 0.763 bits per heavy atom. The van der Waals surface area contributed by atoms with Crippen LogP contribution in [0.4, 0.5) is 0 Å². The molecule has 1 heterocycles. The smallest absolute Gasteiger partial charge is 0.0444 e. The van der Waals surface area contributed by atoms with Gasteiger partial charge in [0.1, 0.15) is 0 Å². The molecule has 38 heavy (non-hydrogen) atoms. The molecule has 0 unspecified atom stereocenters. The maximum absolute atomic E-state index is 6.75. The third-order valence-electron chi connectivity index (χ3n) is 7.34. The third kappa shape index (κ3) is 7.37. The van der Waals surface area contributed by atoms with Crippen LogP contribution in [0, 0.1) is 13.8 Å². The highest BCUT2D eigenvalue weighted by atomic mass is 35.5. The highest BCUT2D eigenvalue weighted by molar-refractivity contribution is 6.31. The Kier molecular flexibility index (Phi) is 10.2. The van der Waals surface area contributed by atoms with Gasteiger partial charge in [-0.05, 0) is 120 Å². The monoisotopic (exact) mass is 541 g/mol. The zero-order chi connectivity index (χ0) is 26.9. The Hall–Kier alpha value is -2.87. The summed E-state index contributed by atoms with van der Waals surface area (Å²) in [6.45, 7) is 8.36. The van der Waals surface area contributed by atoms with Gasteiger partial charge in [-0.25, -0.2) is 0 Å². The van der Waals surface area contributed by atoms with Gasteiger partial charge >= 0.3 is 0 Å². The van der Waals surface area contributed by atoms with Crippen LogP contribution in [-0.2, 0) is 32.1 Å². The molecule has 0 aliphatic rings. The van der Waals surface area contributed by atoms with Gasteiger partial charge in [-0.2, -0.15) is 0 Å².